The Balaban J connectivity index is 1.38. The molecular weight excluding hydrogens is 509 g/mol. The second-order valence-electron chi connectivity index (χ2n) is 10.3. The van der Waals surface area contributed by atoms with E-state index in [1.807, 2.05) is 53.6 Å². The van der Waals surface area contributed by atoms with Gasteiger partial charge in [0, 0.05) is 42.1 Å². The number of hydrogen-bond acceptors (Lipinski definition) is 4. The van der Waals surface area contributed by atoms with Gasteiger partial charge < -0.3 is 19.1 Å². The summed E-state index contributed by atoms with van der Waals surface area (Å²) in [6, 6.07) is 16.3. The molecule has 0 bridgehead atoms. The first-order valence-electron chi connectivity index (χ1n) is 13.7. The lowest BCUT2D eigenvalue weighted by Crippen LogP contribution is -2.12. The smallest absolute Gasteiger partial charge is 0.352 e. The molecule has 0 fully saturated rings. The minimum Gasteiger partial charge on any atom is -0.493 e. The fraction of sp³-hybridized carbons (Fsp3) is 0.312. The van der Waals surface area contributed by atoms with Crippen LogP contribution in [0.1, 0.15) is 46.7 Å². The minimum atomic E-state index is -0.927. The summed E-state index contributed by atoms with van der Waals surface area (Å²) in [5.41, 5.74) is 5.97. The molecule has 0 radical (unpaired) electrons. The van der Waals surface area contributed by atoms with Crippen molar-refractivity contribution in [3.63, 3.8) is 0 Å². The number of benzene rings is 3. The van der Waals surface area contributed by atoms with Crippen LogP contribution in [0.5, 0.6) is 5.75 Å². The van der Waals surface area contributed by atoms with Gasteiger partial charge in [-0.15, -0.1) is 0 Å². The molecule has 0 amide bonds. The van der Waals surface area contributed by atoms with Gasteiger partial charge in [0.05, 0.1) is 30.1 Å². The van der Waals surface area contributed by atoms with Crippen molar-refractivity contribution in [1.82, 2.24) is 14.3 Å². The van der Waals surface area contributed by atoms with E-state index in [4.69, 9.17) is 9.47 Å². The number of aromatic nitrogens is 3. The van der Waals surface area contributed by atoms with Gasteiger partial charge in [0.1, 0.15) is 17.3 Å². The quantitative estimate of drug-likeness (QED) is 0.243. The van der Waals surface area contributed by atoms with E-state index >= 15 is 0 Å². The van der Waals surface area contributed by atoms with Crippen LogP contribution in [0.2, 0.25) is 0 Å². The molecule has 2 aromatic heterocycles. The molecule has 6 rings (SSSR count). The van der Waals surface area contributed by atoms with E-state index in [0.29, 0.717) is 50.7 Å². The molecule has 0 unspecified atom stereocenters. The van der Waals surface area contributed by atoms with Gasteiger partial charge in [0.15, 0.2) is 0 Å². The summed E-state index contributed by atoms with van der Waals surface area (Å²) in [7, 11) is 1.93. The van der Waals surface area contributed by atoms with E-state index in [1.165, 1.54) is 12.1 Å². The Morgan fingerprint density at radius 3 is 2.83 bits per heavy atom. The first-order chi connectivity index (χ1) is 19.4. The van der Waals surface area contributed by atoms with Crippen LogP contribution in [0.4, 0.5) is 4.39 Å². The number of nitrogens with zero attached hydrogens (tertiary/aromatic N) is 3. The van der Waals surface area contributed by atoms with Crippen molar-refractivity contribution in [2.75, 3.05) is 13.2 Å². The number of carboxylic acids is 1. The maximum atomic E-state index is 13.7. The maximum Gasteiger partial charge on any atom is 0.352 e. The Hall–Kier alpha value is -4.17. The summed E-state index contributed by atoms with van der Waals surface area (Å²) in [6.45, 7) is 4.06. The van der Waals surface area contributed by atoms with Crippen molar-refractivity contribution in [3.05, 3.63) is 83.1 Å². The monoisotopic (exact) mass is 541 g/mol. The molecule has 206 valence electrons. The lowest BCUT2D eigenvalue weighted by Gasteiger charge is -2.12. The van der Waals surface area contributed by atoms with Gasteiger partial charge in [0.25, 0.3) is 0 Å². The number of carbonyl (C=O) groups is 1. The predicted molar refractivity (Wildman–Crippen MR) is 152 cm³/mol. The molecule has 1 aliphatic heterocycles. The highest BCUT2D eigenvalue weighted by Crippen LogP contribution is 2.39. The highest BCUT2D eigenvalue weighted by Gasteiger charge is 2.27. The molecule has 0 saturated carbocycles. The number of carboxylic acid groups (broad SMARTS) is 1. The maximum absolute atomic E-state index is 13.7. The lowest BCUT2D eigenvalue weighted by atomic mass is 9.98. The van der Waals surface area contributed by atoms with Crippen LogP contribution < -0.4 is 4.74 Å². The Morgan fingerprint density at radius 1 is 1.12 bits per heavy atom. The molecule has 1 N–H and O–H groups in total. The van der Waals surface area contributed by atoms with Crippen LogP contribution in [-0.4, -0.2) is 38.6 Å². The largest absolute Gasteiger partial charge is 0.493 e. The van der Waals surface area contributed by atoms with E-state index in [1.54, 1.807) is 6.07 Å². The van der Waals surface area contributed by atoms with E-state index in [-0.39, 0.29) is 5.82 Å². The number of hydrogen-bond donors (Lipinski definition) is 1. The van der Waals surface area contributed by atoms with Gasteiger partial charge in [-0.2, -0.15) is 5.10 Å². The molecule has 0 saturated heterocycles. The summed E-state index contributed by atoms with van der Waals surface area (Å²) in [5, 5.41) is 17.7. The standard InChI is InChI=1S/C32H32FN3O4/c1-20-29-26-10-6-9-24-25(11-7-17-40-28-12-5-8-21-18-22(33)13-14-23(21)28)31(32(37)38)36(30(24)26)15-3-4-16-39-19-27(29)35(2)34-20/h5-6,8-10,12-14,18H,3-4,7,11,15-17,19H2,1-2H3,(H,37,38). The number of halogens is 1. The van der Waals surface area contributed by atoms with E-state index in [2.05, 4.69) is 11.2 Å². The van der Waals surface area contributed by atoms with Gasteiger partial charge in [-0.1, -0.05) is 30.3 Å². The van der Waals surface area contributed by atoms with Crippen molar-refractivity contribution in [1.29, 1.82) is 0 Å². The third-order valence-electron chi connectivity index (χ3n) is 7.79. The van der Waals surface area contributed by atoms with Crippen LogP contribution in [0.15, 0.2) is 54.6 Å². The first-order valence-corrected chi connectivity index (χ1v) is 13.7. The van der Waals surface area contributed by atoms with Crippen LogP contribution in [-0.2, 0) is 31.4 Å². The van der Waals surface area contributed by atoms with Gasteiger partial charge >= 0.3 is 5.97 Å². The topological polar surface area (TPSA) is 78.5 Å². The fourth-order valence-corrected chi connectivity index (χ4v) is 6.05. The zero-order chi connectivity index (χ0) is 27.8. The minimum absolute atomic E-state index is 0.284. The Labute approximate surface area is 231 Å². The molecule has 3 heterocycles. The SMILES string of the molecule is Cc1nn(C)c2c1-c1cccc3c(CCCOc4cccc5cc(F)ccc45)c(C(=O)O)n(c13)CCCCOC2. The van der Waals surface area contributed by atoms with Gasteiger partial charge in [0.2, 0.25) is 0 Å². The normalized spacial score (nSPS) is 13.8. The van der Waals surface area contributed by atoms with Crippen molar-refractivity contribution < 1.29 is 23.8 Å². The molecule has 0 aliphatic carbocycles. The lowest BCUT2D eigenvalue weighted by molar-refractivity contribution is 0.0683. The number of fused-ring (bicyclic) bond motifs is 3. The predicted octanol–water partition coefficient (Wildman–Crippen LogP) is 6.66. The number of ether oxygens (including phenoxy) is 2. The highest BCUT2D eigenvalue weighted by molar-refractivity contribution is 6.04. The van der Waals surface area contributed by atoms with Crippen molar-refractivity contribution in [2.45, 2.75) is 45.8 Å². The summed E-state index contributed by atoms with van der Waals surface area (Å²) in [6.07, 6.45) is 2.84. The zero-order valence-corrected chi connectivity index (χ0v) is 22.7. The summed E-state index contributed by atoms with van der Waals surface area (Å²) >= 11 is 0. The molecule has 5 aromatic rings. The molecular formula is C32H32FN3O4. The zero-order valence-electron chi connectivity index (χ0n) is 22.7. The van der Waals surface area contributed by atoms with Gasteiger partial charge in [-0.05, 0) is 67.8 Å². The fourth-order valence-electron chi connectivity index (χ4n) is 6.05. The van der Waals surface area contributed by atoms with Crippen LogP contribution in [0, 0.1) is 12.7 Å². The molecule has 40 heavy (non-hydrogen) atoms. The molecule has 1 aliphatic rings. The average Bonchev–Trinajstić information content (AvgIpc) is 3.39. The average molecular weight is 542 g/mol. The molecule has 8 heteroatoms. The third-order valence-corrected chi connectivity index (χ3v) is 7.79. The third kappa shape index (κ3) is 4.62. The highest BCUT2D eigenvalue weighted by atomic mass is 19.1. The van der Waals surface area contributed by atoms with Crippen molar-refractivity contribution in [3.8, 4) is 16.9 Å². The van der Waals surface area contributed by atoms with Gasteiger partial charge in [-0.3, -0.25) is 4.68 Å². The summed E-state index contributed by atoms with van der Waals surface area (Å²) in [5.74, 6) is -0.519. The number of aryl methyl sites for hydroxylation is 4. The van der Waals surface area contributed by atoms with Crippen molar-refractivity contribution >= 4 is 27.6 Å². The van der Waals surface area contributed by atoms with Crippen LogP contribution >= 0.6 is 0 Å². The molecule has 0 spiro atoms. The van der Waals surface area contributed by atoms with E-state index < -0.39 is 5.97 Å². The van der Waals surface area contributed by atoms with Crippen LogP contribution in [0.25, 0.3) is 32.8 Å². The summed E-state index contributed by atoms with van der Waals surface area (Å²) < 4.78 is 29.6. The molecule has 7 nitrogen and oxygen atoms in total. The van der Waals surface area contributed by atoms with Gasteiger partial charge in [-0.25, -0.2) is 9.18 Å². The Bertz CT molecular complexity index is 1740. The molecule has 0 atom stereocenters. The second kappa shape index (κ2) is 10.8. The van der Waals surface area contributed by atoms with Crippen molar-refractivity contribution in [2.24, 2.45) is 7.05 Å². The number of rotatable bonds is 6. The Morgan fingerprint density at radius 2 is 1.98 bits per heavy atom. The first kappa shape index (κ1) is 26.1. The Kier molecular flexibility index (Phi) is 7.02. The second-order valence-corrected chi connectivity index (χ2v) is 10.3. The molecule has 3 aromatic carbocycles. The van der Waals surface area contributed by atoms with E-state index in [0.717, 1.165) is 62.6 Å². The van der Waals surface area contributed by atoms with Crippen LogP contribution in [0.3, 0.4) is 0 Å². The number of para-hydroxylation sites is 1. The number of aromatic carboxylic acids is 1. The van der Waals surface area contributed by atoms with E-state index in [9.17, 15) is 14.3 Å². The summed E-state index contributed by atoms with van der Waals surface area (Å²) in [4.78, 5) is 12.7.